The molecule has 1 saturated heterocycles. The Kier molecular flexibility index (Phi) is 6.72. The van der Waals surface area contributed by atoms with Gasteiger partial charge in [-0.25, -0.2) is 9.18 Å². The molecule has 2 fully saturated rings. The van der Waals surface area contributed by atoms with E-state index in [0.717, 1.165) is 32.1 Å². The van der Waals surface area contributed by atoms with Crippen LogP contribution in [0.15, 0.2) is 48.0 Å². The topological polar surface area (TPSA) is 84.9 Å². The quantitative estimate of drug-likeness (QED) is 0.524. The van der Waals surface area contributed by atoms with Crippen molar-refractivity contribution in [1.82, 2.24) is 10.2 Å². The van der Waals surface area contributed by atoms with Crippen molar-refractivity contribution in [3.8, 4) is 11.5 Å². The molecule has 172 valence electrons. The lowest BCUT2D eigenvalue weighted by Crippen LogP contribution is -2.58. The summed E-state index contributed by atoms with van der Waals surface area (Å²) in [5.74, 6) is -0.823. The molecule has 0 atom stereocenters. The van der Waals surface area contributed by atoms with Crippen LogP contribution < -0.4 is 14.8 Å². The highest BCUT2D eigenvalue weighted by Crippen LogP contribution is 2.31. The second kappa shape index (κ2) is 9.85. The van der Waals surface area contributed by atoms with Crippen LogP contribution in [0.25, 0.3) is 6.08 Å². The maximum absolute atomic E-state index is 13.4. The molecule has 1 aliphatic carbocycles. The van der Waals surface area contributed by atoms with Crippen LogP contribution in [0.4, 0.5) is 9.18 Å². The molecule has 1 saturated carbocycles. The number of halogens is 1. The summed E-state index contributed by atoms with van der Waals surface area (Å²) in [4.78, 5) is 39.0. The summed E-state index contributed by atoms with van der Waals surface area (Å²) >= 11 is 0. The van der Waals surface area contributed by atoms with Crippen LogP contribution in [0.2, 0.25) is 0 Å². The first kappa shape index (κ1) is 22.5. The summed E-state index contributed by atoms with van der Waals surface area (Å²) in [6, 6.07) is 10.2. The SMILES string of the molecule is COc1cc(/C=C2\C(=O)NC(=O)N(C3CCCCC3)C2=O)ccc1OCc1cccc(F)c1. The highest BCUT2D eigenvalue weighted by Gasteiger charge is 2.40. The summed E-state index contributed by atoms with van der Waals surface area (Å²) in [5.41, 5.74) is 1.11. The second-order valence-corrected chi connectivity index (χ2v) is 8.11. The molecule has 2 aliphatic rings. The van der Waals surface area contributed by atoms with Crippen molar-refractivity contribution < 1.29 is 28.2 Å². The normalized spacial score (nSPS) is 18.4. The van der Waals surface area contributed by atoms with Gasteiger partial charge < -0.3 is 9.47 Å². The van der Waals surface area contributed by atoms with Gasteiger partial charge in [-0.1, -0.05) is 37.5 Å². The Morgan fingerprint density at radius 3 is 2.58 bits per heavy atom. The van der Waals surface area contributed by atoms with Gasteiger partial charge in [0.15, 0.2) is 11.5 Å². The van der Waals surface area contributed by atoms with Crippen molar-refractivity contribution in [3.63, 3.8) is 0 Å². The van der Waals surface area contributed by atoms with Gasteiger partial charge in [-0.15, -0.1) is 0 Å². The zero-order chi connectivity index (χ0) is 23.4. The lowest BCUT2D eigenvalue weighted by atomic mass is 9.93. The predicted octanol–water partition coefficient (Wildman–Crippen LogP) is 4.21. The van der Waals surface area contributed by atoms with Crippen LogP contribution in [0.5, 0.6) is 11.5 Å². The Labute approximate surface area is 191 Å². The number of amides is 4. The molecule has 4 rings (SSSR count). The first-order valence-electron chi connectivity index (χ1n) is 10.9. The minimum absolute atomic E-state index is 0.101. The summed E-state index contributed by atoms with van der Waals surface area (Å²) < 4.78 is 24.5. The molecule has 0 radical (unpaired) electrons. The Morgan fingerprint density at radius 2 is 1.85 bits per heavy atom. The van der Waals surface area contributed by atoms with Gasteiger partial charge in [-0.2, -0.15) is 0 Å². The van der Waals surface area contributed by atoms with Crippen molar-refractivity contribution in [1.29, 1.82) is 0 Å². The fourth-order valence-corrected chi connectivity index (χ4v) is 4.19. The third-order valence-corrected chi connectivity index (χ3v) is 5.85. The Hall–Kier alpha value is -3.68. The molecule has 4 amide bonds. The number of barbiturate groups is 1. The van der Waals surface area contributed by atoms with Crippen molar-refractivity contribution in [2.75, 3.05) is 7.11 Å². The maximum atomic E-state index is 13.4. The number of nitrogens with one attached hydrogen (secondary N) is 1. The number of hydrogen-bond acceptors (Lipinski definition) is 5. The van der Waals surface area contributed by atoms with Crippen LogP contribution in [0.3, 0.4) is 0 Å². The molecule has 0 aromatic heterocycles. The van der Waals surface area contributed by atoms with E-state index in [1.54, 1.807) is 30.3 Å². The predicted molar refractivity (Wildman–Crippen MR) is 119 cm³/mol. The average Bonchev–Trinajstić information content (AvgIpc) is 2.81. The van der Waals surface area contributed by atoms with E-state index in [9.17, 15) is 18.8 Å². The Balaban J connectivity index is 1.55. The van der Waals surface area contributed by atoms with E-state index < -0.39 is 17.8 Å². The molecule has 7 nitrogen and oxygen atoms in total. The number of nitrogens with zero attached hydrogens (tertiary/aromatic N) is 1. The molecule has 0 bridgehead atoms. The van der Waals surface area contributed by atoms with Crippen LogP contribution >= 0.6 is 0 Å². The van der Waals surface area contributed by atoms with Gasteiger partial charge in [0.2, 0.25) is 0 Å². The number of imide groups is 2. The van der Waals surface area contributed by atoms with E-state index in [1.807, 2.05) is 0 Å². The Morgan fingerprint density at radius 1 is 1.06 bits per heavy atom. The lowest BCUT2D eigenvalue weighted by molar-refractivity contribution is -0.132. The number of rotatable bonds is 6. The monoisotopic (exact) mass is 452 g/mol. The molecule has 2 aromatic rings. The van der Waals surface area contributed by atoms with Gasteiger partial charge in [0, 0.05) is 6.04 Å². The fourth-order valence-electron chi connectivity index (χ4n) is 4.19. The number of methoxy groups -OCH3 is 1. The van der Waals surface area contributed by atoms with Gasteiger partial charge in [-0.3, -0.25) is 19.8 Å². The standard InChI is InChI=1S/C25H25FN2O5/c1-32-22-14-16(10-11-21(22)33-15-17-6-5-7-18(26)12-17)13-20-23(29)27-25(31)28(24(20)30)19-8-3-2-4-9-19/h5-7,10-14,19H,2-4,8-9,15H2,1H3,(H,27,29,31)/b20-13+. The number of hydrogen-bond donors (Lipinski definition) is 1. The van der Waals surface area contributed by atoms with Gasteiger partial charge in [0.05, 0.1) is 7.11 Å². The third kappa shape index (κ3) is 5.05. The molecular weight excluding hydrogens is 427 g/mol. The minimum Gasteiger partial charge on any atom is -0.493 e. The van der Waals surface area contributed by atoms with Crippen molar-refractivity contribution in [2.45, 2.75) is 44.8 Å². The molecule has 1 heterocycles. The minimum atomic E-state index is -0.720. The van der Waals surface area contributed by atoms with Crippen molar-refractivity contribution in [2.24, 2.45) is 0 Å². The van der Waals surface area contributed by atoms with E-state index in [4.69, 9.17) is 9.47 Å². The summed E-state index contributed by atoms with van der Waals surface area (Å²) in [6.45, 7) is 0.147. The molecule has 1 aliphatic heterocycles. The van der Waals surface area contributed by atoms with Crippen molar-refractivity contribution in [3.05, 3.63) is 65.0 Å². The molecule has 0 spiro atoms. The zero-order valence-electron chi connectivity index (χ0n) is 18.3. The van der Waals surface area contributed by atoms with Crippen LogP contribution in [-0.2, 0) is 16.2 Å². The number of benzene rings is 2. The molecule has 0 unspecified atom stereocenters. The highest BCUT2D eigenvalue weighted by atomic mass is 19.1. The molecular formula is C25H25FN2O5. The van der Waals surface area contributed by atoms with Gasteiger partial charge in [-0.05, 0) is 54.3 Å². The van der Waals surface area contributed by atoms with E-state index in [-0.39, 0.29) is 24.0 Å². The number of carbonyl (C=O) groups is 3. The summed E-state index contributed by atoms with van der Waals surface area (Å²) in [7, 11) is 1.48. The average molecular weight is 452 g/mol. The van der Waals surface area contributed by atoms with E-state index in [2.05, 4.69) is 5.32 Å². The van der Waals surface area contributed by atoms with E-state index >= 15 is 0 Å². The molecule has 8 heteroatoms. The summed E-state index contributed by atoms with van der Waals surface area (Å²) in [6.07, 6.45) is 5.90. The molecule has 33 heavy (non-hydrogen) atoms. The fraction of sp³-hybridized carbons (Fsp3) is 0.320. The van der Waals surface area contributed by atoms with Crippen LogP contribution in [-0.4, -0.2) is 35.9 Å². The Bertz CT molecular complexity index is 1110. The zero-order valence-corrected chi connectivity index (χ0v) is 18.3. The third-order valence-electron chi connectivity index (χ3n) is 5.85. The second-order valence-electron chi connectivity index (χ2n) is 8.11. The van der Waals surface area contributed by atoms with Gasteiger partial charge >= 0.3 is 6.03 Å². The van der Waals surface area contributed by atoms with Crippen LogP contribution in [0.1, 0.15) is 43.2 Å². The maximum Gasteiger partial charge on any atom is 0.331 e. The largest absolute Gasteiger partial charge is 0.493 e. The lowest BCUT2D eigenvalue weighted by Gasteiger charge is -2.35. The van der Waals surface area contributed by atoms with E-state index in [0.29, 0.717) is 22.6 Å². The molecule has 1 N–H and O–H groups in total. The number of carbonyl (C=O) groups excluding carboxylic acids is 3. The van der Waals surface area contributed by atoms with Crippen molar-refractivity contribution >= 4 is 23.9 Å². The summed E-state index contributed by atoms with van der Waals surface area (Å²) in [5, 5.41) is 2.28. The van der Waals surface area contributed by atoms with Crippen LogP contribution in [0, 0.1) is 5.82 Å². The van der Waals surface area contributed by atoms with Gasteiger partial charge in [0.25, 0.3) is 11.8 Å². The molecule has 2 aromatic carbocycles. The number of ether oxygens (including phenoxy) is 2. The van der Waals surface area contributed by atoms with E-state index in [1.165, 1.54) is 30.2 Å². The number of urea groups is 1. The highest BCUT2D eigenvalue weighted by molar-refractivity contribution is 6.31. The smallest absolute Gasteiger partial charge is 0.331 e. The first-order valence-corrected chi connectivity index (χ1v) is 10.9. The first-order chi connectivity index (χ1) is 16.0. The van der Waals surface area contributed by atoms with Gasteiger partial charge in [0.1, 0.15) is 18.0 Å².